The molecule has 0 bridgehead atoms. The zero-order valence-corrected chi connectivity index (χ0v) is 13.3. The highest BCUT2D eigenvalue weighted by Crippen LogP contribution is 2.46. The summed E-state index contributed by atoms with van der Waals surface area (Å²) in [5.41, 5.74) is -2.13. The molecule has 21 heavy (non-hydrogen) atoms. The molecule has 0 aromatic carbocycles. The van der Waals surface area contributed by atoms with Gasteiger partial charge in [-0.1, -0.05) is 0 Å². The summed E-state index contributed by atoms with van der Waals surface area (Å²) in [7, 11) is -3.56. The molecule has 2 atom stereocenters. The minimum Gasteiger partial charge on any atom is -0.479 e. The molecule has 2 N–H and O–H groups in total. The van der Waals surface area contributed by atoms with Crippen molar-refractivity contribution in [3.63, 3.8) is 0 Å². The standard InChI is InChI=1S/C12H21NO7S/c1-11(2,3)20-10(16)13-12(9(14)15)7-8(12)5-6-19-21(4,17)18/h8H,5-7H2,1-4H3,(H,13,16)(H,14,15). The van der Waals surface area contributed by atoms with E-state index in [1.54, 1.807) is 20.8 Å². The molecular weight excluding hydrogens is 302 g/mol. The van der Waals surface area contributed by atoms with Crippen LogP contribution in [0.3, 0.4) is 0 Å². The largest absolute Gasteiger partial charge is 0.479 e. The van der Waals surface area contributed by atoms with Gasteiger partial charge < -0.3 is 15.2 Å². The van der Waals surface area contributed by atoms with Crippen molar-refractivity contribution in [2.45, 2.75) is 44.8 Å². The summed E-state index contributed by atoms with van der Waals surface area (Å²) in [6.45, 7) is 4.90. The molecule has 1 fully saturated rings. The van der Waals surface area contributed by atoms with E-state index in [0.29, 0.717) is 0 Å². The number of nitrogens with one attached hydrogen (secondary N) is 1. The summed E-state index contributed by atoms with van der Waals surface area (Å²) < 4.78 is 31.3. The van der Waals surface area contributed by atoms with Crippen molar-refractivity contribution in [1.29, 1.82) is 0 Å². The molecule has 1 aliphatic carbocycles. The quantitative estimate of drug-likeness (QED) is 0.691. The van der Waals surface area contributed by atoms with Crippen LogP contribution in [0.1, 0.15) is 33.6 Å². The Labute approximate surface area is 123 Å². The number of aliphatic carboxylic acids is 1. The number of amides is 1. The molecule has 8 nitrogen and oxygen atoms in total. The normalized spacial score (nSPS) is 25.2. The van der Waals surface area contributed by atoms with E-state index in [2.05, 4.69) is 9.50 Å². The molecular formula is C12H21NO7S. The molecule has 0 radical (unpaired) electrons. The van der Waals surface area contributed by atoms with Gasteiger partial charge in [-0.25, -0.2) is 9.59 Å². The van der Waals surface area contributed by atoms with E-state index >= 15 is 0 Å². The molecule has 0 aliphatic heterocycles. The van der Waals surface area contributed by atoms with Gasteiger partial charge in [-0.15, -0.1) is 0 Å². The molecule has 2 unspecified atom stereocenters. The highest BCUT2D eigenvalue weighted by Gasteiger charge is 2.61. The lowest BCUT2D eigenvalue weighted by Gasteiger charge is -2.22. The number of alkyl carbamates (subject to hydrolysis) is 1. The first kappa shape index (κ1) is 17.7. The van der Waals surface area contributed by atoms with Crippen molar-refractivity contribution in [2.75, 3.05) is 12.9 Å². The highest BCUT2D eigenvalue weighted by atomic mass is 32.2. The molecule has 0 aromatic heterocycles. The van der Waals surface area contributed by atoms with Crippen LogP contribution in [0.25, 0.3) is 0 Å². The molecule has 0 aromatic rings. The van der Waals surface area contributed by atoms with Crippen molar-refractivity contribution in [2.24, 2.45) is 5.92 Å². The fourth-order valence-corrected chi connectivity index (χ4v) is 2.37. The van der Waals surface area contributed by atoms with Crippen molar-refractivity contribution in [1.82, 2.24) is 5.32 Å². The van der Waals surface area contributed by atoms with Gasteiger partial charge in [0.05, 0.1) is 12.9 Å². The Balaban J connectivity index is 2.56. The van der Waals surface area contributed by atoms with E-state index in [1.165, 1.54) is 0 Å². The summed E-state index contributed by atoms with van der Waals surface area (Å²) >= 11 is 0. The van der Waals surface area contributed by atoms with Gasteiger partial charge in [-0.05, 0) is 39.5 Å². The van der Waals surface area contributed by atoms with E-state index in [4.69, 9.17) is 4.74 Å². The Morgan fingerprint density at radius 1 is 1.38 bits per heavy atom. The average molecular weight is 323 g/mol. The van der Waals surface area contributed by atoms with Crippen LogP contribution in [0.4, 0.5) is 4.79 Å². The Bertz CT molecular complexity index is 522. The maximum Gasteiger partial charge on any atom is 0.408 e. The third kappa shape index (κ3) is 5.50. The van der Waals surface area contributed by atoms with Gasteiger partial charge in [0.1, 0.15) is 11.1 Å². The van der Waals surface area contributed by atoms with Gasteiger partial charge in [0.2, 0.25) is 0 Å². The third-order valence-corrected chi connectivity index (χ3v) is 3.57. The van der Waals surface area contributed by atoms with Crippen LogP contribution >= 0.6 is 0 Å². The van der Waals surface area contributed by atoms with E-state index in [-0.39, 0.29) is 25.4 Å². The number of rotatable bonds is 6. The van der Waals surface area contributed by atoms with Crippen LogP contribution in [-0.2, 0) is 23.8 Å². The van der Waals surface area contributed by atoms with Crippen LogP contribution in [0.15, 0.2) is 0 Å². The molecule has 0 spiro atoms. The summed E-state index contributed by atoms with van der Waals surface area (Å²) in [6.07, 6.45) is 0.545. The first-order valence-corrected chi connectivity index (χ1v) is 8.26. The lowest BCUT2D eigenvalue weighted by atomic mass is 10.1. The van der Waals surface area contributed by atoms with E-state index < -0.39 is 33.3 Å². The van der Waals surface area contributed by atoms with Gasteiger partial charge in [0.25, 0.3) is 10.1 Å². The second kappa shape index (κ2) is 5.80. The Kier molecular flexibility index (Phi) is 4.89. The van der Waals surface area contributed by atoms with Crippen molar-refractivity contribution in [3.8, 4) is 0 Å². The summed E-state index contributed by atoms with van der Waals surface area (Å²) in [6, 6.07) is 0. The minimum atomic E-state index is -3.56. The molecule has 9 heteroatoms. The topological polar surface area (TPSA) is 119 Å². The van der Waals surface area contributed by atoms with Gasteiger partial charge in [-0.2, -0.15) is 8.42 Å². The fourth-order valence-electron chi connectivity index (χ4n) is 1.97. The molecule has 0 saturated heterocycles. The lowest BCUT2D eigenvalue weighted by Crippen LogP contribution is -2.47. The first-order valence-electron chi connectivity index (χ1n) is 6.45. The molecule has 122 valence electrons. The summed E-state index contributed by atoms with van der Waals surface area (Å²) in [5.74, 6) is -1.55. The zero-order chi connectivity index (χ0) is 16.5. The fraction of sp³-hybridized carbons (Fsp3) is 0.833. The van der Waals surface area contributed by atoms with Crippen LogP contribution in [-0.4, -0.2) is 49.6 Å². The van der Waals surface area contributed by atoms with Crippen LogP contribution in [0.2, 0.25) is 0 Å². The Morgan fingerprint density at radius 3 is 2.38 bits per heavy atom. The van der Waals surface area contributed by atoms with E-state index in [1.807, 2.05) is 0 Å². The predicted molar refractivity (Wildman–Crippen MR) is 73.3 cm³/mol. The first-order chi connectivity index (χ1) is 9.36. The van der Waals surface area contributed by atoms with Gasteiger partial charge in [0.15, 0.2) is 0 Å². The zero-order valence-electron chi connectivity index (χ0n) is 12.5. The Morgan fingerprint density at radius 2 is 1.95 bits per heavy atom. The lowest BCUT2D eigenvalue weighted by molar-refractivity contribution is -0.141. The number of hydrogen-bond donors (Lipinski definition) is 2. The Hall–Kier alpha value is -1.35. The average Bonchev–Trinajstić information content (AvgIpc) is 2.87. The van der Waals surface area contributed by atoms with Crippen molar-refractivity contribution in [3.05, 3.63) is 0 Å². The second-order valence-electron chi connectivity index (χ2n) is 6.12. The number of ether oxygens (including phenoxy) is 1. The maximum atomic E-state index is 11.7. The minimum absolute atomic E-state index is 0.117. The SMILES string of the molecule is CC(C)(C)OC(=O)NC1(C(=O)O)CC1CCOS(C)(=O)=O. The van der Waals surface area contributed by atoms with Crippen molar-refractivity contribution < 1.29 is 32.0 Å². The second-order valence-corrected chi connectivity index (χ2v) is 7.76. The molecule has 0 heterocycles. The van der Waals surface area contributed by atoms with Crippen LogP contribution < -0.4 is 5.32 Å². The summed E-state index contributed by atoms with van der Waals surface area (Å²) in [5, 5.41) is 11.6. The molecule has 1 aliphatic rings. The number of carbonyl (C=O) groups excluding carboxylic acids is 1. The number of hydrogen-bond acceptors (Lipinski definition) is 6. The van der Waals surface area contributed by atoms with E-state index in [0.717, 1.165) is 6.26 Å². The number of carbonyl (C=O) groups is 2. The maximum absolute atomic E-state index is 11.7. The monoisotopic (exact) mass is 323 g/mol. The summed E-state index contributed by atoms with van der Waals surface area (Å²) in [4.78, 5) is 23.0. The highest BCUT2D eigenvalue weighted by molar-refractivity contribution is 7.85. The molecule has 1 amide bonds. The smallest absolute Gasteiger partial charge is 0.408 e. The number of carboxylic acid groups (broad SMARTS) is 1. The molecule has 1 rings (SSSR count). The van der Waals surface area contributed by atoms with E-state index in [9.17, 15) is 23.1 Å². The third-order valence-electron chi connectivity index (χ3n) is 2.97. The van der Waals surface area contributed by atoms with Crippen molar-refractivity contribution >= 4 is 22.2 Å². The predicted octanol–water partition coefficient (Wildman–Crippen LogP) is 0.721. The van der Waals surface area contributed by atoms with Crippen LogP contribution in [0.5, 0.6) is 0 Å². The van der Waals surface area contributed by atoms with Crippen LogP contribution in [0, 0.1) is 5.92 Å². The van der Waals surface area contributed by atoms with Gasteiger partial charge in [-0.3, -0.25) is 4.18 Å². The van der Waals surface area contributed by atoms with Gasteiger partial charge in [0, 0.05) is 0 Å². The van der Waals surface area contributed by atoms with Gasteiger partial charge >= 0.3 is 12.1 Å². The number of carboxylic acids is 1. The molecule has 1 saturated carbocycles.